The summed E-state index contributed by atoms with van der Waals surface area (Å²) < 4.78 is 6.76. The molecule has 0 radical (unpaired) electrons. The summed E-state index contributed by atoms with van der Waals surface area (Å²) in [4.78, 5) is 20.9. The molecule has 4 N–H and O–H groups in total. The largest absolute Gasteiger partial charge is 0.393 e. The lowest BCUT2D eigenvalue weighted by Gasteiger charge is -2.26. The number of rotatable bonds is 7. The van der Waals surface area contributed by atoms with Gasteiger partial charge in [-0.2, -0.15) is 19.6 Å². The zero-order chi connectivity index (χ0) is 21.1. The lowest BCUT2D eigenvalue weighted by Crippen LogP contribution is -2.29. The Morgan fingerprint density at radius 1 is 1.37 bits per heavy atom. The topological polar surface area (TPSA) is 126 Å². The lowest BCUT2D eigenvalue weighted by atomic mass is 9.93. The van der Waals surface area contributed by atoms with Crippen molar-refractivity contribution in [2.24, 2.45) is 0 Å². The Kier molecular flexibility index (Phi) is 5.96. The fourth-order valence-corrected chi connectivity index (χ4v) is 3.74. The van der Waals surface area contributed by atoms with Gasteiger partial charge in [0.05, 0.1) is 25.3 Å². The van der Waals surface area contributed by atoms with E-state index in [1.54, 1.807) is 17.8 Å². The average molecular weight is 413 g/mol. The Balaban J connectivity index is 1.66. The number of fused-ring (bicyclic) bond motifs is 1. The molecule has 1 aliphatic carbocycles. The van der Waals surface area contributed by atoms with Crippen molar-refractivity contribution < 1.29 is 14.6 Å². The number of carbonyl (C=O) groups is 1. The third-order valence-electron chi connectivity index (χ3n) is 5.37. The monoisotopic (exact) mass is 413 g/mol. The molecule has 1 saturated heterocycles. The highest BCUT2D eigenvalue weighted by molar-refractivity contribution is 5.89. The quantitative estimate of drug-likeness (QED) is 0.501. The van der Waals surface area contributed by atoms with E-state index in [0.717, 1.165) is 36.8 Å². The van der Waals surface area contributed by atoms with Gasteiger partial charge >= 0.3 is 0 Å². The van der Waals surface area contributed by atoms with E-state index >= 15 is 0 Å². The van der Waals surface area contributed by atoms with E-state index in [1.807, 2.05) is 6.08 Å². The van der Waals surface area contributed by atoms with Gasteiger partial charge in [-0.05, 0) is 37.3 Å². The van der Waals surface area contributed by atoms with Gasteiger partial charge in [0.15, 0.2) is 5.65 Å². The first-order chi connectivity index (χ1) is 14.5. The summed E-state index contributed by atoms with van der Waals surface area (Å²) in [7, 11) is 1.64. The summed E-state index contributed by atoms with van der Waals surface area (Å²) in [6.07, 6.45) is 6.93. The van der Waals surface area contributed by atoms with Crippen LogP contribution in [0.15, 0.2) is 24.0 Å². The molecule has 30 heavy (non-hydrogen) atoms. The molecular weight excluding hydrogens is 386 g/mol. The van der Waals surface area contributed by atoms with Crippen LogP contribution in [0.1, 0.15) is 37.7 Å². The van der Waals surface area contributed by atoms with Gasteiger partial charge in [-0.1, -0.05) is 6.58 Å². The number of aliphatic hydroxyl groups excluding tert-OH is 1. The second-order valence-electron chi connectivity index (χ2n) is 7.65. The van der Waals surface area contributed by atoms with E-state index < -0.39 is 0 Å². The third kappa shape index (κ3) is 4.44. The number of ether oxygens (including phenoxy) is 1. The van der Waals surface area contributed by atoms with Crippen molar-refractivity contribution in [3.05, 3.63) is 29.6 Å². The number of nitrogens with one attached hydrogen (secondary N) is 3. The Bertz CT molecular complexity index is 976. The zero-order valence-corrected chi connectivity index (χ0v) is 17.0. The first kappa shape index (κ1) is 20.3. The Hall–Kier alpha value is -2.98. The number of methoxy groups -OCH3 is 1. The van der Waals surface area contributed by atoms with Gasteiger partial charge in [0.1, 0.15) is 0 Å². The van der Waals surface area contributed by atoms with Gasteiger partial charge in [-0.15, -0.1) is 0 Å². The van der Waals surface area contributed by atoms with Crippen LogP contribution in [0.2, 0.25) is 0 Å². The van der Waals surface area contributed by atoms with E-state index in [2.05, 4.69) is 37.6 Å². The summed E-state index contributed by atoms with van der Waals surface area (Å²) >= 11 is 0. The molecule has 3 heterocycles. The molecule has 1 aliphatic heterocycles. The fraction of sp³-hybridized carbons (Fsp3) is 0.500. The molecule has 0 spiro atoms. The molecule has 10 heteroatoms. The molecule has 160 valence electrons. The third-order valence-corrected chi connectivity index (χ3v) is 5.37. The standard InChI is InChI=1S/C20H27N7O3/c1-12-13(10-17(29)23-12)9-14-11-22-27-18(14)25-19(26-20(27)21-7-8-30-2)24-15-3-5-16(28)6-4-15/h9,11,15-16,28H,1,3-8,10H2,2H3,(H,23,29)(H2,21,24,25,26)/b13-9+. The maximum absolute atomic E-state index is 11.6. The summed E-state index contributed by atoms with van der Waals surface area (Å²) in [5.74, 6) is 0.990. The summed E-state index contributed by atoms with van der Waals surface area (Å²) in [5.41, 5.74) is 2.83. The number of hydrogen-bond acceptors (Lipinski definition) is 8. The van der Waals surface area contributed by atoms with Crippen LogP contribution >= 0.6 is 0 Å². The van der Waals surface area contributed by atoms with Crippen LogP contribution in [0, 0.1) is 0 Å². The van der Waals surface area contributed by atoms with Crippen LogP contribution in [0.5, 0.6) is 0 Å². The molecule has 0 aromatic carbocycles. The maximum Gasteiger partial charge on any atom is 0.229 e. The smallest absolute Gasteiger partial charge is 0.229 e. The lowest BCUT2D eigenvalue weighted by molar-refractivity contribution is -0.118. The minimum Gasteiger partial charge on any atom is -0.393 e. The van der Waals surface area contributed by atoms with Crippen molar-refractivity contribution >= 4 is 29.5 Å². The Labute approximate surface area is 174 Å². The Morgan fingerprint density at radius 3 is 2.87 bits per heavy atom. The second-order valence-corrected chi connectivity index (χ2v) is 7.65. The number of hydrogen-bond donors (Lipinski definition) is 4. The summed E-state index contributed by atoms with van der Waals surface area (Å²) in [5, 5.41) is 23.5. The number of nitrogens with zero attached hydrogens (tertiary/aromatic N) is 4. The SMILES string of the molecule is C=C1NC(=O)C/C1=C\c1cnn2c(NCCOC)nc(NC3CCC(O)CC3)nc12. The minimum atomic E-state index is -0.221. The second kappa shape index (κ2) is 8.80. The molecule has 2 aromatic rings. The number of carbonyl (C=O) groups excluding carboxylic acids is 1. The highest BCUT2D eigenvalue weighted by Gasteiger charge is 2.22. The molecule has 0 atom stereocenters. The molecule has 0 unspecified atom stereocenters. The fourth-order valence-electron chi connectivity index (χ4n) is 3.74. The van der Waals surface area contributed by atoms with E-state index in [4.69, 9.17) is 4.74 Å². The van der Waals surface area contributed by atoms with Crippen LogP contribution in [0.3, 0.4) is 0 Å². The number of amides is 1. The van der Waals surface area contributed by atoms with Crippen LogP contribution in [0.4, 0.5) is 11.9 Å². The minimum absolute atomic E-state index is 0.0684. The summed E-state index contributed by atoms with van der Waals surface area (Å²) in [6, 6.07) is 0.212. The zero-order valence-electron chi connectivity index (χ0n) is 17.0. The van der Waals surface area contributed by atoms with E-state index in [-0.39, 0.29) is 24.5 Å². The molecule has 10 nitrogen and oxygen atoms in total. The van der Waals surface area contributed by atoms with E-state index in [9.17, 15) is 9.90 Å². The van der Waals surface area contributed by atoms with Crippen molar-refractivity contribution in [2.45, 2.75) is 44.2 Å². The molecule has 1 amide bonds. The highest BCUT2D eigenvalue weighted by atomic mass is 16.5. The van der Waals surface area contributed by atoms with Crippen molar-refractivity contribution in [3.8, 4) is 0 Å². The normalized spacial score (nSPS) is 23.2. The predicted octanol–water partition coefficient (Wildman–Crippen LogP) is 1.31. The molecule has 0 bridgehead atoms. The Morgan fingerprint density at radius 2 is 2.17 bits per heavy atom. The van der Waals surface area contributed by atoms with Crippen molar-refractivity contribution in [2.75, 3.05) is 30.9 Å². The van der Waals surface area contributed by atoms with Gasteiger partial charge in [0.2, 0.25) is 17.8 Å². The van der Waals surface area contributed by atoms with Gasteiger partial charge < -0.3 is 25.8 Å². The van der Waals surface area contributed by atoms with Crippen LogP contribution in [-0.4, -0.2) is 63.0 Å². The molecule has 2 aromatic heterocycles. The number of aliphatic hydroxyl groups is 1. The van der Waals surface area contributed by atoms with E-state index in [1.165, 1.54) is 0 Å². The van der Waals surface area contributed by atoms with Crippen LogP contribution < -0.4 is 16.0 Å². The van der Waals surface area contributed by atoms with Crippen molar-refractivity contribution in [1.82, 2.24) is 24.9 Å². The van der Waals surface area contributed by atoms with Crippen molar-refractivity contribution in [3.63, 3.8) is 0 Å². The van der Waals surface area contributed by atoms with Crippen LogP contribution in [-0.2, 0) is 9.53 Å². The molecule has 4 rings (SSSR count). The van der Waals surface area contributed by atoms with E-state index in [0.29, 0.717) is 36.4 Å². The van der Waals surface area contributed by atoms with Gasteiger partial charge in [-0.3, -0.25) is 4.79 Å². The maximum atomic E-state index is 11.6. The number of allylic oxidation sites excluding steroid dienone is 1. The predicted molar refractivity (Wildman–Crippen MR) is 113 cm³/mol. The molecule has 2 aliphatic rings. The van der Waals surface area contributed by atoms with Gasteiger partial charge in [0.25, 0.3) is 0 Å². The molecule has 2 fully saturated rings. The highest BCUT2D eigenvalue weighted by Crippen LogP contribution is 2.25. The van der Waals surface area contributed by atoms with Gasteiger partial charge in [0, 0.05) is 31.0 Å². The molecular formula is C20H27N7O3. The first-order valence-electron chi connectivity index (χ1n) is 10.2. The first-order valence-corrected chi connectivity index (χ1v) is 10.2. The van der Waals surface area contributed by atoms with Crippen LogP contribution in [0.25, 0.3) is 11.7 Å². The van der Waals surface area contributed by atoms with Crippen molar-refractivity contribution in [1.29, 1.82) is 0 Å². The molecule has 1 saturated carbocycles. The summed E-state index contributed by atoms with van der Waals surface area (Å²) in [6.45, 7) is 5.00. The average Bonchev–Trinajstić information content (AvgIpc) is 3.26. The number of aromatic nitrogens is 4. The van der Waals surface area contributed by atoms with Gasteiger partial charge in [-0.25, -0.2) is 0 Å². The number of anilines is 2.